The molecule has 0 aliphatic carbocycles. The second-order valence-electron chi connectivity index (χ2n) is 5.05. The van der Waals surface area contributed by atoms with Gasteiger partial charge in [-0.15, -0.1) is 0 Å². The quantitative estimate of drug-likeness (QED) is 0.779. The molecule has 0 aromatic heterocycles. The van der Waals surface area contributed by atoms with Gasteiger partial charge in [0.05, 0.1) is 20.3 Å². The summed E-state index contributed by atoms with van der Waals surface area (Å²) < 4.78 is 23.2. The number of rotatable bonds is 4. The first-order chi connectivity index (χ1) is 8.98. The van der Waals surface area contributed by atoms with Crippen LogP contribution in [0.4, 0.5) is 10.1 Å². The average molecular weight is 267 g/mol. The lowest BCUT2D eigenvalue weighted by molar-refractivity contribution is -0.180. The first-order valence-corrected chi connectivity index (χ1v) is 6.12. The fraction of sp³-hybridized carbons (Fsp3) is 0.500. The summed E-state index contributed by atoms with van der Waals surface area (Å²) in [6, 6.07) is 4.90. The highest BCUT2D eigenvalue weighted by Crippen LogP contribution is 2.31. The molecule has 1 aromatic rings. The van der Waals surface area contributed by atoms with Crippen LogP contribution in [0, 0.1) is 18.2 Å². The maximum Gasteiger partial charge on any atom is 0.318 e. The Balaban J connectivity index is 2.13. The van der Waals surface area contributed by atoms with Gasteiger partial charge >= 0.3 is 5.97 Å². The number of ether oxygens (including phenoxy) is 2. The Morgan fingerprint density at radius 2 is 2.21 bits per heavy atom. The van der Waals surface area contributed by atoms with Gasteiger partial charge in [0, 0.05) is 19.3 Å². The molecule has 1 saturated heterocycles. The van der Waals surface area contributed by atoms with E-state index >= 15 is 0 Å². The predicted molar refractivity (Wildman–Crippen MR) is 69.7 cm³/mol. The summed E-state index contributed by atoms with van der Waals surface area (Å²) in [5.74, 6) is -0.490. The van der Waals surface area contributed by atoms with Gasteiger partial charge in [0.1, 0.15) is 11.2 Å². The average Bonchev–Trinajstić information content (AvgIpc) is 2.35. The van der Waals surface area contributed by atoms with Crippen LogP contribution in [0.3, 0.4) is 0 Å². The number of nitrogens with zero attached hydrogens (tertiary/aromatic N) is 1. The number of esters is 1. The van der Waals surface area contributed by atoms with Gasteiger partial charge < -0.3 is 14.4 Å². The van der Waals surface area contributed by atoms with Gasteiger partial charge in [-0.05, 0) is 30.7 Å². The molecule has 104 valence electrons. The maximum absolute atomic E-state index is 13.2. The van der Waals surface area contributed by atoms with E-state index < -0.39 is 5.41 Å². The number of methoxy groups -OCH3 is 1. The summed E-state index contributed by atoms with van der Waals surface area (Å²) in [6.07, 6.45) is 0. The molecule has 1 aromatic carbocycles. The Bertz CT molecular complexity index is 486. The SMILES string of the molecule is COC(=O)C1(CN(C)c2ccc(F)c(C)c2)COC1. The van der Waals surface area contributed by atoms with Crippen LogP contribution >= 0.6 is 0 Å². The van der Waals surface area contributed by atoms with Crippen molar-refractivity contribution in [1.82, 2.24) is 0 Å². The number of anilines is 1. The third-order valence-electron chi connectivity index (χ3n) is 3.50. The van der Waals surface area contributed by atoms with Gasteiger partial charge in [0.2, 0.25) is 0 Å². The molecular formula is C14H18FNO3. The zero-order chi connectivity index (χ0) is 14.0. The molecule has 0 saturated carbocycles. The van der Waals surface area contributed by atoms with Crippen molar-refractivity contribution in [2.45, 2.75) is 6.92 Å². The Morgan fingerprint density at radius 3 is 2.68 bits per heavy atom. The normalized spacial score (nSPS) is 16.6. The van der Waals surface area contributed by atoms with E-state index in [0.29, 0.717) is 25.3 Å². The zero-order valence-corrected chi connectivity index (χ0v) is 11.4. The fourth-order valence-corrected chi connectivity index (χ4v) is 2.25. The maximum atomic E-state index is 13.2. The molecule has 0 N–H and O–H groups in total. The molecule has 0 atom stereocenters. The van der Waals surface area contributed by atoms with Crippen LogP contribution in [0.5, 0.6) is 0 Å². The largest absolute Gasteiger partial charge is 0.468 e. The third-order valence-corrected chi connectivity index (χ3v) is 3.50. The van der Waals surface area contributed by atoms with E-state index in [1.165, 1.54) is 13.2 Å². The second kappa shape index (κ2) is 5.17. The van der Waals surface area contributed by atoms with Crippen LogP contribution < -0.4 is 4.90 Å². The number of aryl methyl sites for hydroxylation is 1. The Morgan fingerprint density at radius 1 is 1.53 bits per heavy atom. The zero-order valence-electron chi connectivity index (χ0n) is 11.4. The number of hydrogen-bond donors (Lipinski definition) is 0. The molecule has 1 heterocycles. The van der Waals surface area contributed by atoms with E-state index in [1.807, 2.05) is 11.9 Å². The van der Waals surface area contributed by atoms with Crippen molar-refractivity contribution in [3.8, 4) is 0 Å². The molecule has 19 heavy (non-hydrogen) atoms. The highest BCUT2D eigenvalue weighted by atomic mass is 19.1. The number of carbonyl (C=O) groups is 1. The van der Waals surface area contributed by atoms with Crippen LogP contribution in [0.15, 0.2) is 18.2 Å². The van der Waals surface area contributed by atoms with Crippen molar-refractivity contribution in [3.63, 3.8) is 0 Å². The lowest BCUT2D eigenvalue weighted by Crippen LogP contribution is -2.56. The van der Waals surface area contributed by atoms with Crippen molar-refractivity contribution < 1.29 is 18.7 Å². The summed E-state index contributed by atoms with van der Waals surface area (Å²) in [5.41, 5.74) is 0.849. The van der Waals surface area contributed by atoms with E-state index in [0.717, 1.165) is 5.69 Å². The molecule has 0 amide bonds. The van der Waals surface area contributed by atoms with Gasteiger partial charge in [-0.1, -0.05) is 0 Å². The van der Waals surface area contributed by atoms with Gasteiger partial charge in [0.15, 0.2) is 0 Å². The van der Waals surface area contributed by atoms with Crippen molar-refractivity contribution in [1.29, 1.82) is 0 Å². The van der Waals surface area contributed by atoms with Crippen molar-refractivity contribution in [2.24, 2.45) is 5.41 Å². The molecule has 1 aliphatic heterocycles. The number of halogens is 1. The molecule has 1 aliphatic rings. The van der Waals surface area contributed by atoms with E-state index in [2.05, 4.69) is 0 Å². The molecule has 0 spiro atoms. The smallest absolute Gasteiger partial charge is 0.318 e. The molecule has 0 radical (unpaired) electrons. The lowest BCUT2D eigenvalue weighted by Gasteiger charge is -2.41. The first kappa shape index (κ1) is 13.8. The minimum Gasteiger partial charge on any atom is -0.468 e. The third kappa shape index (κ3) is 2.56. The Labute approximate surface area is 112 Å². The Hall–Kier alpha value is -1.62. The van der Waals surface area contributed by atoms with Crippen LogP contribution in [0.1, 0.15) is 5.56 Å². The van der Waals surface area contributed by atoms with Crippen molar-refractivity contribution in [2.75, 3.05) is 38.8 Å². The molecular weight excluding hydrogens is 249 g/mol. The topological polar surface area (TPSA) is 38.8 Å². The Kier molecular flexibility index (Phi) is 3.75. The van der Waals surface area contributed by atoms with Crippen LogP contribution in [-0.2, 0) is 14.3 Å². The number of carbonyl (C=O) groups excluding carboxylic acids is 1. The van der Waals surface area contributed by atoms with Crippen LogP contribution in [0.2, 0.25) is 0 Å². The predicted octanol–water partition coefficient (Wildman–Crippen LogP) is 1.76. The standard InChI is InChI=1S/C14H18FNO3/c1-10-6-11(4-5-12(10)15)16(2)7-14(8-19-9-14)13(17)18-3/h4-6H,7-9H2,1-3H3. The molecule has 0 bridgehead atoms. The molecule has 5 heteroatoms. The highest BCUT2D eigenvalue weighted by Gasteiger charge is 2.48. The molecule has 0 unspecified atom stereocenters. The fourth-order valence-electron chi connectivity index (χ4n) is 2.25. The summed E-state index contributed by atoms with van der Waals surface area (Å²) in [6.45, 7) is 2.94. The van der Waals surface area contributed by atoms with Crippen LogP contribution in [0.25, 0.3) is 0 Å². The summed E-state index contributed by atoms with van der Waals surface area (Å²) in [4.78, 5) is 13.7. The highest BCUT2D eigenvalue weighted by molar-refractivity contribution is 5.79. The molecule has 4 nitrogen and oxygen atoms in total. The minimum atomic E-state index is -0.605. The van der Waals surface area contributed by atoms with Gasteiger partial charge in [-0.2, -0.15) is 0 Å². The van der Waals surface area contributed by atoms with E-state index in [-0.39, 0.29) is 11.8 Å². The first-order valence-electron chi connectivity index (χ1n) is 6.12. The number of hydrogen-bond acceptors (Lipinski definition) is 4. The monoisotopic (exact) mass is 267 g/mol. The van der Waals surface area contributed by atoms with E-state index in [9.17, 15) is 9.18 Å². The summed E-state index contributed by atoms with van der Waals surface area (Å²) >= 11 is 0. The van der Waals surface area contributed by atoms with Gasteiger partial charge in [0.25, 0.3) is 0 Å². The minimum absolute atomic E-state index is 0.230. The van der Waals surface area contributed by atoms with Crippen LogP contribution in [-0.4, -0.2) is 39.9 Å². The number of benzene rings is 1. The van der Waals surface area contributed by atoms with Gasteiger partial charge in [-0.3, -0.25) is 4.79 Å². The van der Waals surface area contributed by atoms with Crippen molar-refractivity contribution >= 4 is 11.7 Å². The van der Waals surface area contributed by atoms with Crippen molar-refractivity contribution in [3.05, 3.63) is 29.6 Å². The molecule has 1 fully saturated rings. The van der Waals surface area contributed by atoms with E-state index in [4.69, 9.17) is 9.47 Å². The molecule has 2 rings (SSSR count). The van der Waals surface area contributed by atoms with E-state index in [1.54, 1.807) is 19.1 Å². The van der Waals surface area contributed by atoms with Gasteiger partial charge in [-0.25, -0.2) is 4.39 Å². The second-order valence-corrected chi connectivity index (χ2v) is 5.05. The lowest BCUT2D eigenvalue weighted by atomic mass is 9.85. The summed E-state index contributed by atoms with van der Waals surface area (Å²) in [7, 11) is 3.25. The summed E-state index contributed by atoms with van der Waals surface area (Å²) in [5, 5.41) is 0.